The molecular weight excluding hydrogens is 280 g/mol. The van der Waals surface area contributed by atoms with Crippen LogP contribution in [0.5, 0.6) is 0 Å². The average molecular weight is 297 g/mol. The number of nitrogens with two attached hydrogens (primary N) is 1. The number of rotatable bonds is 3. The lowest BCUT2D eigenvalue weighted by Crippen LogP contribution is -2.46. The maximum absolute atomic E-state index is 11.4. The van der Waals surface area contributed by atoms with E-state index in [4.69, 9.17) is 22.4 Å². The van der Waals surface area contributed by atoms with E-state index in [1.807, 2.05) is 4.90 Å². The van der Waals surface area contributed by atoms with Gasteiger partial charge in [0, 0.05) is 12.6 Å². The van der Waals surface area contributed by atoms with Crippen LogP contribution in [-0.4, -0.2) is 29.6 Å². The third-order valence-corrected chi connectivity index (χ3v) is 4.09. The number of halogens is 1. The fourth-order valence-corrected chi connectivity index (χ4v) is 2.84. The summed E-state index contributed by atoms with van der Waals surface area (Å²) in [6.07, 6.45) is 1.63. The van der Waals surface area contributed by atoms with Crippen LogP contribution in [0.1, 0.15) is 30.1 Å². The molecule has 1 aliphatic heterocycles. The highest BCUT2D eigenvalue weighted by Gasteiger charge is 2.29. The van der Waals surface area contributed by atoms with Crippen LogP contribution in [0.4, 0.5) is 5.69 Å². The molecule has 1 amide bonds. The molecule has 0 aromatic heterocycles. The van der Waals surface area contributed by atoms with Crippen molar-refractivity contribution in [1.82, 2.24) is 0 Å². The van der Waals surface area contributed by atoms with E-state index < -0.39 is 5.97 Å². The summed E-state index contributed by atoms with van der Waals surface area (Å²) >= 11 is 6.18. The molecule has 0 radical (unpaired) electrons. The summed E-state index contributed by atoms with van der Waals surface area (Å²) < 4.78 is 0. The van der Waals surface area contributed by atoms with Crippen molar-refractivity contribution >= 4 is 29.2 Å². The number of hydrogen-bond donors (Lipinski definition) is 2. The maximum Gasteiger partial charge on any atom is 0.335 e. The first-order chi connectivity index (χ1) is 9.40. The zero-order valence-corrected chi connectivity index (χ0v) is 11.9. The SMILES string of the molecule is CC1CCC(C(N)=O)CN1c1ccc(C(=O)O)cc1Cl. The van der Waals surface area contributed by atoms with Crippen molar-refractivity contribution in [3.63, 3.8) is 0 Å². The monoisotopic (exact) mass is 296 g/mol. The van der Waals surface area contributed by atoms with Crippen LogP contribution in [0.3, 0.4) is 0 Å². The zero-order valence-electron chi connectivity index (χ0n) is 11.2. The van der Waals surface area contributed by atoms with Crippen LogP contribution in [0, 0.1) is 5.92 Å². The predicted molar refractivity (Wildman–Crippen MR) is 77.1 cm³/mol. The number of nitrogens with zero attached hydrogens (tertiary/aromatic N) is 1. The summed E-state index contributed by atoms with van der Waals surface area (Å²) in [4.78, 5) is 24.3. The largest absolute Gasteiger partial charge is 0.478 e. The summed E-state index contributed by atoms with van der Waals surface area (Å²) in [5.41, 5.74) is 6.27. The fraction of sp³-hybridized carbons (Fsp3) is 0.429. The lowest BCUT2D eigenvalue weighted by molar-refractivity contribution is -0.122. The van der Waals surface area contributed by atoms with Crippen LogP contribution in [0.2, 0.25) is 5.02 Å². The first-order valence-electron chi connectivity index (χ1n) is 6.49. The van der Waals surface area contributed by atoms with Crippen LogP contribution in [0.15, 0.2) is 18.2 Å². The van der Waals surface area contributed by atoms with Gasteiger partial charge in [0.05, 0.1) is 22.2 Å². The molecule has 6 heteroatoms. The molecule has 3 N–H and O–H groups in total. The van der Waals surface area contributed by atoms with Crippen LogP contribution < -0.4 is 10.6 Å². The summed E-state index contributed by atoms with van der Waals surface area (Å²) in [6.45, 7) is 2.57. The number of hydrogen-bond acceptors (Lipinski definition) is 3. The molecule has 20 heavy (non-hydrogen) atoms. The number of carbonyl (C=O) groups is 2. The van der Waals surface area contributed by atoms with E-state index in [0.717, 1.165) is 18.5 Å². The van der Waals surface area contributed by atoms with Gasteiger partial charge in [0.25, 0.3) is 0 Å². The second-order valence-electron chi connectivity index (χ2n) is 5.15. The number of aromatic carboxylic acids is 1. The molecule has 1 aliphatic rings. The van der Waals surface area contributed by atoms with Gasteiger partial charge in [-0.1, -0.05) is 11.6 Å². The molecule has 0 saturated carbocycles. The number of anilines is 1. The highest BCUT2D eigenvalue weighted by Crippen LogP contribution is 2.33. The molecular formula is C14H17ClN2O3. The van der Waals surface area contributed by atoms with Crippen LogP contribution >= 0.6 is 11.6 Å². The first kappa shape index (κ1) is 14.7. The number of amides is 1. The van der Waals surface area contributed by atoms with Gasteiger partial charge in [-0.2, -0.15) is 0 Å². The number of benzene rings is 1. The number of carboxylic acid groups (broad SMARTS) is 1. The number of carbonyl (C=O) groups excluding carboxylic acids is 1. The Labute approximate surface area is 122 Å². The third kappa shape index (κ3) is 2.88. The van der Waals surface area contributed by atoms with Crippen molar-refractivity contribution in [3.05, 3.63) is 28.8 Å². The Balaban J connectivity index is 2.29. The van der Waals surface area contributed by atoms with E-state index in [2.05, 4.69) is 6.92 Å². The molecule has 1 aromatic rings. The Kier molecular flexibility index (Phi) is 4.18. The van der Waals surface area contributed by atoms with Crippen molar-refractivity contribution in [2.24, 2.45) is 11.7 Å². The molecule has 2 rings (SSSR count). The van der Waals surface area contributed by atoms with Gasteiger partial charge < -0.3 is 15.7 Å². The second kappa shape index (κ2) is 5.71. The Morgan fingerprint density at radius 3 is 2.65 bits per heavy atom. The molecule has 1 fully saturated rings. The van der Waals surface area contributed by atoms with Crippen LogP contribution in [0.25, 0.3) is 0 Å². The van der Waals surface area contributed by atoms with E-state index in [1.165, 1.54) is 12.1 Å². The third-order valence-electron chi connectivity index (χ3n) is 3.79. The quantitative estimate of drug-likeness (QED) is 0.895. The summed E-state index contributed by atoms with van der Waals surface area (Å²) in [5, 5.41) is 9.32. The minimum absolute atomic E-state index is 0.148. The highest BCUT2D eigenvalue weighted by molar-refractivity contribution is 6.33. The molecule has 5 nitrogen and oxygen atoms in total. The molecule has 2 unspecified atom stereocenters. The van der Waals surface area contributed by atoms with E-state index >= 15 is 0 Å². The topological polar surface area (TPSA) is 83.6 Å². The van der Waals surface area contributed by atoms with Gasteiger partial charge in [0.2, 0.25) is 5.91 Å². The summed E-state index contributed by atoms with van der Waals surface area (Å²) in [7, 11) is 0. The number of carboxylic acids is 1. The molecule has 0 aliphatic carbocycles. The van der Waals surface area contributed by atoms with Gasteiger partial charge >= 0.3 is 5.97 Å². The molecule has 1 aromatic carbocycles. The van der Waals surface area contributed by atoms with Crippen molar-refractivity contribution in [2.45, 2.75) is 25.8 Å². The molecule has 2 atom stereocenters. The highest BCUT2D eigenvalue weighted by atomic mass is 35.5. The van der Waals surface area contributed by atoms with E-state index in [-0.39, 0.29) is 23.4 Å². The predicted octanol–water partition coefficient (Wildman–Crippen LogP) is 2.13. The summed E-state index contributed by atoms with van der Waals surface area (Å²) in [6, 6.07) is 4.87. The van der Waals surface area contributed by atoms with Gasteiger partial charge in [0.1, 0.15) is 0 Å². The molecule has 1 heterocycles. The fourth-order valence-electron chi connectivity index (χ4n) is 2.55. The minimum Gasteiger partial charge on any atom is -0.478 e. The number of piperidine rings is 1. The smallest absolute Gasteiger partial charge is 0.335 e. The summed E-state index contributed by atoms with van der Waals surface area (Å²) in [5.74, 6) is -1.51. The maximum atomic E-state index is 11.4. The molecule has 1 saturated heterocycles. The number of primary amides is 1. The Bertz CT molecular complexity index is 547. The zero-order chi connectivity index (χ0) is 14.9. The Morgan fingerprint density at radius 1 is 1.40 bits per heavy atom. The van der Waals surface area contributed by atoms with Crippen molar-refractivity contribution in [1.29, 1.82) is 0 Å². The lowest BCUT2D eigenvalue weighted by Gasteiger charge is -2.39. The standard InChI is InChI=1S/C14H17ClN2O3/c1-8-2-3-10(13(16)18)7-17(8)12-5-4-9(14(19)20)6-11(12)15/h4-6,8,10H,2-3,7H2,1H3,(H2,16,18)(H,19,20). The minimum atomic E-state index is -1.01. The van der Waals surface area contributed by atoms with Crippen LogP contribution in [-0.2, 0) is 4.79 Å². The van der Waals surface area contributed by atoms with Gasteiger partial charge in [-0.3, -0.25) is 4.79 Å². The van der Waals surface area contributed by atoms with E-state index in [0.29, 0.717) is 11.6 Å². The molecule has 0 spiro atoms. The van der Waals surface area contributed by atoms with Gasteiger partial charge in [-0.05, 0) is 38.0 Å². The second-order valence-corrected chi connectivity index (χ2v) is 5.56. The first-order valence-corrected chi connectivity index (χ1v) is 6.86. The normalized spacial score (nSPS) is 22.6. The van der Waals surface area contributed by atoms with Crippen molar-refractivity contribution < 1.29 is 14.7 Å². The van der Waals surface area contributed by atoms with E-state index in [9.17, 15) is 9.59 Å². The Hall–Kier alpha value is -1.75. The molecule has 108 valence electrons. The van der Waals surface area contributed by atoms with Crippen molar-refractivity contribution in [3.8, 4) is 0 Å². The van der Waals surface area contributed by atoms with Gasteiger partial charge in [-0.15, -0.1) is 0 Å². The van der Waals surface area contributed by atoms with Gasteiger partial charge in [-0.25, -0.2) is 4.79 Å². The average Bonchev–Trinajstić information content (AvgIpc) is 2.39. The van der Waals surface area contributed by atoms with Gasteiger partial charge in [0.15, 0.2) is 0 Å². The Morgan fingerprint density at radius 2 is 2.10 bits per heavy atom. The van der Waals surface area contributed by atoms with Crippen molar-refractivity contribution in [2.75, 3.05) is 11.4 Å². The van der Waals surface area contributed by atoms with E-state index in [1.54, 1.807) is 6.07 Å². The molecule has 0 bridgehead atoms. The lowest BCUT2D eigenvalue weighted by atomic mass is 9.92.